The molecule has 0 aliphatic carbocycles. The van der Waals surface area contributed by atoms with E-state index in [2.05, 4.69) is 21.2 Å². The number of nitrogens with one attached hydrogen (secondary N) is 1. The second-order valence-electron chi connectivity index (χ2n) is 5.38. The Labute approximate surface area is 141 Å². The van der Waals surface area contributed by atoms with Gasteiger partial charge in [0.1, 0.15) is 6.04 Å². The maximum absolute atomic E-state index is 12.0. The first-order chi connectivity index (χ1) is 10.9. The largest absolute Gasteiger partial charge is 0.480 e. The summed E-state index contributed by atoms with van der Waals surface area (Å²) in [7, 11) is 0. The van der Waals surface area contributed by atoms with Gasteiger partial charge in [0.2, 0.25) is 5.91 Å². The van der Waals surface area contributed by atoms with E-state index in [1.165, 1.54) is 0 Å². The van der Waals surface area contributed by atoms with Crippen LogP contribution in [0, 0.1) is 0 Å². The molecule has 1 fully saturated rings. The highest BCUT2D eigenvalue weighted by Crippen LogP contribution is 2.20. The van der Waals surface area contributed by atoms with E-state index in [4.69, 9.17) is 10.2 Å². The van der Waals surface area contributed by atoms with Crippen LogP contribution in [-0.4, -0.2) is 51.7 Å². The quantitative estimate of drug-likeness (QED) is 0.715. The number of carbonyl (C=O) groups excluding carboxylic acids is 1. The monoisotopic (exact) mass is 384 g/mol. The van der Waals surface area contributed by atoms with Crippen LogP contribution >= 0.6 is 15.9 Å². The maximum Gasteiger partial charge on any atom is 0.408 e. The topological polar surface area (TPSA) is 107 Å². The van der Waals surface area contributed by atoms with Gasteiger partial charge < -0.3 is 15.5 Å². The van der Waals surface area contributed by atoms with E-state index in [0.29, 0.717) is 6.42 Å². The van der Waals surface area contributed by atoms with Crippen LogP contribution in [0.4, 0.5) is 4.79 Å². The number of likely N-dealkylation sites (tertiary alicyclic amines) is 1. The third-order valence-corrected chi connectivity index (χ3v) is 4.55. The second-order valence-corrected chi connectivity index (χ2v) is 6.23. The molecule has 0 bridgehead atoms. The molecule has 3 N–H and O–H groups in total. The normalized spacial score (nSPS) is 20.3. The first-order valence-corrected chi connectivity index (χ1v) is 7.93. The zero-order chi connectivity index (χ0) is 17.0. The molecule has 0 saturated carbocycles. The summed E-state index contributed by atoms with van der Waals surface area (Å²) in [6.45, 7) is -0.00687. The average molecular weight is 385 g/mol. The third kappa shape index (κ3) is 4.44. The minimum Gasteiger partial charge on any atom is -0.480 e. The molecule has 1 aliphatic heterocycles. The fourth-order valence-electron chi connectivity index (χ4n) is 2.64. The van der Waals surface area contributed by atoms with Crippen molar-refractivity contribution in [1.82, 2.24) is 10.2 Å². The molecule has 1 aliphatic rings. The molecule has 0 radical (unpaired) electrons. The third-order valence-electron chi connectivity index (χ3n) is 3.78. The van der Waals surface area contributed by atoms with Crippen molar-refractivity contribution in [3.05, 3.63) is 34.3 Å². The first-order valence-electron chi connectivity index (χ1n) is 7.13. The predicted octanol–water partition coefficient (Wildman–Crippen LogP) is 1.70. The highest BCUT2D eigenvalue weighted by atomic mass is 79.9. The molecular weight excluding hydrogens is 368 g/mol. The summed E-state index contributed by atoms with van der Waals surface area (Å²) in [5.41, 5.74) is 1.00. The molecule has 1 aromatic rings. The van der Waals surface area contributed by atoms with Crippen molar-refractivity contribution < 1.29 is 24.6 Å². The van der Waals surface area contributed by atoms with Gasteiger partial charge in [-0.25, -0.2) is 9.59 Å². The summed E-state index contributed by atoms with van der Waals surface area (Å²) in [6, 6.07) is 6.00. The fourth-order valence-corrected chi connectivity index (χ4v) is 3.12. The lowest BCUT2D eigenvalue weighted by Crippen LogP contribution is -2.40. The van der Waals surface area contributed by atoms with Crippen LogP contribution in [0.25, 0.3) is 0 Å². The highest BCUT2D eigenvalue weighted by molar-refractivity contribution is 9.10. The molecule has 1 aromatic carbocycles. The molecule has 1 heterocycles. The molecule has 2 amide bonds. The van der Waals surface area contributed by atoms with Gasteiger partial charge in [0.25, 0.3) is 0 Å². The lowest BCUT2D eigenvalue weighted by molar-refractivity contribution is -0.141. The smallest absolute Gasteiger partial charge is 0.408 e. The summed E-state index contributed by atoms with van der Waals surface area (Å²) in [5, 5.41) is 20.8. The van der Waals surface area contributed by atoms with Crippen molar-refractivity contribution in [2.24, 2.45) is 0 Å². The molecule has 1 saturated heterocycles. The summed E-state index contributed by atoms with van der Waals surface area (Å²) in [6.07, 6.45) is -0.403. The molecular formula is C15H17BrN2O5. The molecule has 7 nitrogen and oxygen atoms in total. The Bertz CT molecular complexity index is 600. The molecule has 124 valence electrons. The number of aliphatic carboxylic acids is 1. The van der Waals surface area contributed by atoms with Crippen LogP contribution in [-0.2, 0) is 16.0 Å². The van der Waals surface area contributed by atoms with Gasteiger partial charge in [-0.05, 0) is 18.1 Å². The Balaban J connectivity index is 1.87. The number of hydrogen-bond acceptors (Lipinski definition) is 3. The number of carboxylic acid groups (broad SMARTS) is 2. The van der Waals surface area contributed by atoms with Crippen molar-refractivity contribution in [1.29, 1.82) is 0 Å². The maximum atomic E-state index is 12.0. The molecule has 0 spiro atoms. The lowest BCUT2D eigenvalue weighted by Gasteiger charge is -2.16. The van der Waals surface area contributed by atoms with Gasteiger partial charge in [-0.2, -0.15) is 0 Å². The minimum absolute atomic E-state index is 0.00687. The van der Waals surface area contributed by atoms with Crippen molar-refractivity contribution in [2.45, 2.75) is 31.3 Å². The number of hydrogen-bond donors (Lipinski definition) is 3. The number of carboxylic acids is 1. The molecule has 8 heteroatoms. The van der Waals surface area contributed by atoms with Gasteiger partial charge in [-0.1, -0.05) is 34.1 Å². The number of carbonyl (C=O) groups is 3. The van der Waals surface area contributed by atoms with Gasteiger partial charge in [-0.3, -0.25) is 9.69 Å². The van der Waals surface area contributed by atoms with Gasteiger partial charge in [0.15, 0.2) is 0 Å². The van der Waals surface area contributed by atoms with E-state index in [9.17, 15) is 14.4 Å². The zero-order valence-electron chi connectivity index (χ0n) is 12.2. The molecule has 23 heavy (non-hydrogen) atoms. The van der Waals surface area contributed by atoms with Crippen molar-refractivity contribution in [3.8, 4) is 0 Å². The Morgan fingerprint density at radius 1 is 1.26 bits per heavy atom. The predicted molar refractivity (Wildman–Crippen MR) is 85.2 cm³/mol. The van der Waals surface area contributed by atoms with Crippen LogP contribution in [0.15, 0.2) is 28.7 Å². The Kier molecular flexibility index (Phi) is 5.59. The number of aryl methyl sites for hydroxylation is 1. The minimum atomic E-state index is -1.29. The SMILES string of the molecule is O=C(CCc1ccccc1Br)N[C@@H]1C[C@@H](C(=O)O)N(C(=O)O)C1. The molecule has 2 rings (SSSR count). The van der Waals surface area contributed by atoms with E-state index >= 15 is 0 Å². The highest BCUT2D eigenvalue weighted by Gasteiger charge is 2.40. The van der Waals surface area contributed by atoms with E-state index < -0.39 is 24.1 Å². The summed E-state index contributed by atoms with van der Waals surface area (Å²) in [5.74, 6) is -1.42. The van der Waals surface area contributed by atoms with Crippen molar-refractivity contribution in [3.63, 3.8) is 0 Å². The summed E-state index contributed by atoms with van der Waals surface area (Å²) in [4.78, 5) is 35.0. The molecule has 0 unspecified atom stereocenters. The van der Waals surface area contributed by atoms with E-state index in [1.807, 2.05) is 24.3 Å². The van der Waals surface area contributed by atoms with Crippen LogP contribution in [0.2, 0.25) is 0 Å². The van der Waals surface area contributed by atoms with Crippen LogP contribution in [0.1, 0.15) is 18.4 Å². The van der Waals surface area contributed by atoms with Gasteiger partial charge in [-0.15, -0.1) is 0 Å². The Morgan fingerprint density at radius 2 is 1.96 bits per heavy atom. The lowest BCUT2D eigenvalue weighted by atomic mass is 10.1. The van der Waals surface area contributed by atoms with Gasteiger partial charge >= 0.3 is 12.1 Å². The van der Waals surface area contributed by atoms with Crippen molar-refractivity contribution in [2.75, 3.05) is 6.54 Å². The van der Waals surface area contributed by atoms with Crippen molar-refractivity contribution >= 4 is 33.9 Å². The van der Waals surface area contributed by atoms with E-state index in [-0.39, 0.29) is 25.3 Å². The number of amides is 2. The van der Waals surface area contributed by atoms with E-state index in [1.54, 1.807) is 0 Å². The fraction of sp³-hybridized carbons (Fsp3) is 0.400. The average Bonchev–Trinajstić information content (AvgIpc) is 2.91. The number of benzene rings is 1. The number of nitrogens with zero attached hydrogens (tertiary/aromatic N) is 1. The zero-order valence-corrected chi connectivity index (χ0v) is 13.8. The van der Waals surface area contributed by atoms with Gasteiger partial charge in [0.05, 0.1) is 0 Å². The molecule has 2 atom stereocenters. The number of rotatable bonds is 5. The van der Waals surface area contributed by atoms with Crippen LogP contribution < -0.4 is 5.32 Å². The van der Waals surface area contributed by atoms with Crippen LogP contribution in [0.3, 0.4) is 0 Å². The second kappa shape index (κ2) is 7.45. The standard InChI is InChI=1S/C15H17BrN2O5/c16-11-4-2-1-3-9(11)5-6-13(19)17-10-7-12(14(20)21)18(8-10)15(22)23/h1-4,10,12H,5-8H2,(H,17,19)(H,20,21)(H,22,23)/t10-,12+/m1/s1. The van der Waals surface area contributed by atoms with Crippen LogP contribution in [0.5, 0.6) is 0 Å². The summed E-state index contributed by atoms with van der Waals surface area (Å²) >= 11 is 3.41. The molecule has 0 aromatic heterocycles. The van der Waals surface area contributed by atoms with Gasteiger partial charge in [0, 0.05) is 29.9 Å². The van der Waals surface area contributed by atoms with E-state index in [0.717, 1.165) is 14.9 Å². The Hall–Kier alpha value is -2.09. The Morgan fingerprint density at radius 3 is 2.52 bits per heavy atom. The summed E-state index contributed by atoms with van der Waals surface area (Å²) < 4.78 is 0.927. The first kappa shape index (κ1) is 17.3. The number of halogens is 1.